The van der Waals surface area contributed by atoms with Crippen molar-refractivity contribution in [3.63, 3.8) is 0 Å². The Bertz CT molecular complexity index is 717. The molecule has 0 radical (unpaired) electrons. The van der Waals surface area contributed by atoms with Gasteiger partial charge in [0.05, 0.1) is 16.1 Å². The molecule has 1 rings (SSSR count). The summed E-state index contributed by atoms with van der Waals surface area (Å²) in [7, 11) is -12.4. The minimum atomic E-state index is -5.83. The van der Waals surface area contributed by atoms with Crippen molar-refractivity contribution in [2.24, 2.45) is 0 Å². The predicted molar refractivity (Wildman–Crippen MR) is 97.8 cm³/mol. The molecule has 5 nitrogen and oxygen atoms in total. The summed E-state index contributed by atoms with van der Waals surface area (Å²) >= 11 is 0. The van der Waals surface area contributed by atoms with Crippen LogP contribution < -0.4 is 20.0 Å². The van der Waals surface area contributed by atoms with Crippen molar-refractivity contribution >= 4 is 49.2 Å². The van der Waals surface area contributed by atoms with E-state index in [9.17, 15) is 31.6 Å². The monoisotopic (exact) mass is 414 g/mol. The Morgan fingerprint density at radius 2 is 1.32 bits per heavy atom. The molecule has 0 atom stereocenters. The molecule has 0 unspecified atom stereocenters. The first-order valence-electron chi connectivity index (χ1n) is 7.43. The van der Waals surface area contributed by atoms with Crippen molar-refractivity contribution in [3.05, 3.63) is 12.1 Å². The standard InChI is InChI=1S/C13H22BF3O5SSi2/c1-24(2,3)10-7-9(14(18)19)8-11(25(4,5)6)12(10)22-23(20,21)13(15,16)17/h7-8,18-19H,1-6H3. The second-order valence-corrected chi connectivity index (χ2v) is 19.4. The van der Waals surface area contributed by atoms with Crippen LogP contribution in [0, 0.1) is 0 Å². The van der Waals surface area contributed by atoms with Gasteiger partial charge in [0.1, 0.15) is 5.75 Å². The van der Waals surface area contributed by atoms with E-state index < -0.39 is 38.9 Å². The number of alkyl halides is 3. The summed E-state index contributed by atoms with van der Waals surface area (Å²) in [5.74, 6) is -0.319. The molecule has 1 aromatic carbocycles. The van der Waals surface area contributed by atoms with Gasteiger partial charge in [0, 0.05) is 0 Å². The quantitative estimate of drug-likeness (QED) is 0.421. The van der Waals surface area contributed by atoms with E-state index in [1.807, 2.05) is 0 Å². The summed E-state index contributed by atoms with van der Waals surface area (Å²) < 4.78 is 66.2. The van der Waals surface area contributed by atoms with Gasteiger partial charge in [-0.25, -0.2) is 0 Å². The molecule has 0 heterocycles. The third-order valence-electron chi connectivity index (χ3n) is 3.50. The molecule has 142 valence electrons. The third kappa shape index (κ3) is 5.09. The molecule has 0 saturated heterocycles. The van der Waals surface area contributed by atoms with Crippen LogP contribution in [0.15, 0.2) is 12.1 Å². The highest BCUT2D eigenvalue weighted by molar-refractivity contribution is 7.88. The Morgan fingerprint density at radius 1 is 0.960 bits per heavy atom. The van der Waals surface area contributed by atoms with Crippen LogP contribution >= 0.6 is 0 Å². The average Bonchev–Trinajstić information content (AvgIpc) is 2.33. The maximum absolute atomic E-state index is 12.8. The fraction of sp³-hybridized carbons (Fsp3) is 0.538. The Labute approximate surface area is 148 Å². The lowest BCUT2D eigenvalue weighted by Gasteiger charge is -2.28. The molecule has 0 amide bonds. The van der Waals surface area contributed by atoms with E-state index in [-0.39, 0.29) is 11.2 Å². The van der Waals surface area contributed by atoms with Crippen LogP contribution in [0.1, 0.15) is 0 Å². The second kappa shape index (κ2) is 6.72. The van der Waals surface area contributed by atoms with Crippen LogP contribution in [-0.2, 0) is 10.1 Å². The molecule has 0 saturated carbocycles. The minimum absolute atomic E-state index is 0.103. The van der Waals surface area contributed by atoms with Gasteiger partial charge in [-0.2, -0.15) is 21.6 Å². The highest BCUT2D eigenvalue weighted by Crippen LogP contribution is 2.27. The van der Waals surface area contributed by atoms with Crippen LogP contribution in [0.5, 0.6) is 5.75 Å². The van der Waals surface area contributed by atoms with Crippen molar-refractivity contribution in [1.82, 2.24) is 0 Å². The maximum atomic E-state index is 12.8. The Morgan fingerprint density at radius 3 is 1.56 bits per heavy atom. The van der Waals surface area contributed by atoms with Gasteiger partial charge in [-0.15, -0.1) is 0 Å². The van der Waals surface area contributed by atoms with Gasteiger partial charge in [0.15, 0.2) is 0 Å². The van der Waals surface area contributed by atoms with Gasteiger partial charge in [-0.1, -0.05) is 51.4 Å². The molecule has 0 aliphatic heterocycles. The first-order valence-corrected chi connectivity index (χ1v) is 15.8. The molecule has 12 heteroatoms. The smallest absolute Gasteiger partial charge is 0.423 e. The Hall–Kier alpha value is -0.821. The van der Waals surface area contributed by atoms with Crippen LogP contribution in [-0.4, -0.2) is 47.2 Å². The topological polar surface area (TPSA) is 83.8 Å². The van der Waals surface area contributed by atoms with Crippen LogP contribution in [0.4, 0.5) is 13.2 Å². The van der Waals surface area contributed by atoms with E-state index in [1.165, 1.54) is 12.1 Å². The molecule has 2 N–H and O–H groups in total. The van der Waals surface area contributed by atoms with Crippen LogP contribution in [0.2, 0.25) is 39.3 Å². The van der Waals surface area contributed by atoms with E-state index >= 15 is 0 Å². The van der Waals surface area contributed by atoms with Crippen LogP contribution in [0.3, 0.4) is 0 Å². The first kappa shape index (κ1) is 22.2. The molecule has 0 fully saturated rings. The number of rotatable bonds is 5. The van der Waals surface area contributed by atoms with E-state index in [0.717, 1.165) is 0 Å². The molecular weight excluding hydrogens is 392 g/mol. The van der Waals surface area contributed by atoms with Crippen LogP contribution in [0.25, 0.3) is 0 Å². The van der Waals surface area contributed by atoms with Crippen molar-refractivity contribution in [2.75, 3.05) is 0 Å². The fourth-order valence-corrected chi connectivity index (χ4v) is 5.86. The lowest BCUT2D eigenvalue weighted by Crippen LogP contribution is -2.52. The van der Waals surface area contributed by atoms with Crippen molar-refractivity contribution in [1.29, 1.82) is 0 Å². The minimum Gasteiger partial charge on any atom is -0.423 e. The molecule has 0 aromatic heterocycles. The molecule has 0 bridgehead atoms. The van der Waals surface area contributed by atoms with Crippen molar-refractivity contribution < 1.29 is 35.8 Å². The molecule has 1 aromatic rings. The largest absolute Gasteiger partial charge is 0.534 e. The highest BCUT2D eigenvalue weighted by atomic mass is 32.2. The zero-order valence-corrected chi connectivity index (χ0v) is 17.7. The normalized spacial score (nSPS) is 13.7. The van der Waals surface area contributed by atoms with Crippen molar-refractivity contribution in [2.45, 2.75) is 44.8 Å². The number of hydrogen-bond acceptors (Lipinski definition) is 5. The maximum Gasteiger partial charge on any atom is 0.534 e. The van der Waals surface area contributed by atoms with Crippen molar-refractivity contribution in [3.8, 4) is 5.75 Å². The lowest BCUT2D eigenvalue weighted by molar-refractivity contribution is -0.0499. The molecular formula is C13H22BF3O5SSi2. The van der Waals surface area contributed by atoms with E-state index in [1.54, 1.807) is 39.3 Å². The van der Waals surface area contributed by atoms with Gasteiger partial charge in [-0.3, -0.25) is 0 Å². The summed E-state index contributed by atoms with van der Waals surface area (Å²) in [6.45, 7) is 10.8. The summed E-state index contributed by atoms with van der Waals surface area (Å²) in [5.41, 5.74) is -5.44. The third-order valence-corrected chi connectivity index (χ3v) is 8.43. The first-order chi connectivity index (χ1) is 10.9. The summed E-state index contributed by atoms with van der Waals surface area (Å²) in [5, 5.41) is 19.6. The van der Waals surface area contributed by atoms with Gasteiger partial charge >= 0.3 is 22.7 Å². The highest BCUT2D eigenvalue weighted by Gasteiger charge is 2.49. The number of benzene rings is 1. The SMILES string of the molecule is C[Si](C)(C)c1cc(B(O)O)cc([Si](C)(C)C)c1OS(=O)(=O)C(F)(F)F. The molecule has 25 heavy (non-hydrogen) atoms. The van der Waals surface area contributed by atoms with Gasteiger partial charge in [0.2, 0.25) is 0 Å². The lowest BCUT2D eigenvalue weighted by atomic mass is 9.80. The summed E-state index contributed by atoms with van der Waals surface area (Å²) in [6, 6.07) is 2.64. The zero-order valence-electron chi connectivity index (χ0n) is 14.9. The predicted octanol–water partition coefficient (Wildman–Crippen LogP) is 0.685. The van der Waals surface area contributed by atoms with E-state index in [0.29, 0.717) is 10.4 Å². The molecule has 0 aliphatic rings. The second-order valence-electron chi connectivity index (χ2n) is 7.80. The molecule has 0 aliphatic carbocycles. The van der Waals surface area contributed by atoms with E-state index in [4.69, 9.17) is 0 Å². The summed E-state index contributed by atoms with van der Waals surface area (Å²) in [6.07, 6.45) is 0. The van der Waals surface area contributed by atoms with Gasteiger partial charge in [-0.05, 0) is 15.8 Å². The fourth-order valence-electron chi connectivity index (χ4n) is 2.16. The zero-order chi connectivity index (χ0) is 20.0. The van der Waals surface area contributed by atoms with Gasteiger partial charge < -0.3 is 14.2 Å². The number of hydrogen-bond donors (Lipinski definition) is 2. The molecule has 0 spiro atoms. The Balaban J connectivity index is 3.85. The van der Waals surface area contributed by atoms with Gasteiger partial charge in [0.25, 0.3) is 0 Å². The summed E-state index contributed by atoms with van der Waals surface area (Å²) in [4.78, 5) is 0. The number of halogens is 3. The Kier molecular flexibility index (Phi) is 5.98. The van der Waals surface area contributed by atoms with E-state index in [2.05, 4.69) is 4.18 Å². The average molecular weight is 414 g/mol.